The molecule has 0 atom stereocenters. The second-order valence-electron chi connectivity index (χ2n) is 5.95. The topological polar surface area (TPSA) is 111 Å². The molecule has 3 N–H and O–H groups in total. The Hall–Kier alpha value is -2.03. The quantitative estimate of drug-likeness (QED) is 0.772. The van der Waals surface area contributed by atoms with E-state index in [0.717, 1.165) is 25.7 Å². The Morgan fingerprint density at radius 2 is 1.96 bits per heavy atom. The van der Waals surface area contributed by atoms with Crippen LogP contribution in [0.25, 0.3) is 11.5 Å². The van der Waals surface area contributed by atoms with E-state index in [4.69, 9.17) is 10.3 Å². The van der Waals surface area contributed by atoms with Crippen LogP contribution in [0.4, 0.5) is 0 Å². The molecule has 2 aromatic rings. The van der Waals surface area contributed by atoms with Crippen molar-refractivity contribution in [1.82, 2.24) is 14.9 Å². The molecule has 8 heteroatoms. The van der Waals surface area contributed by atoms with Gasteiger partial charge in [-0.25, -0.2) is 13.1 Å². The van der Waals surface area contributed by atoms with E-state index in [1.807, 2.05) is 0 Å². The van der Waals surface area contributed by atoms with Gasteiger partial charge in [0.25, 0.3) is 5.89 Å². The van der Waals surface area contributed by atoms with Crippen molar-refractivity contribution in [2.45, 2.75) is 36.1 Å². The summed E-state index contributed by atoms with van der Waals surface area (Å²) in [6.07, 6.45) is 5.29. The molecule has 1 fully saturated rings. The van der Waals surface area contributed by atoms with E-state index in [-0.39, 0.29) is 11.4 Å². The first-order valence-electron chi connectivity index (χ1n) is 7.79. The molecule has 7 nitrogen and oxygen atoms in total. The van der Waals surface area contributed by atoms with Crippen molar-refractivity contribution < 1.29 is 12.9 Å². The summed E-state index contributed by atoms with van der Waals surface area (Å²) in [5.41, 5.74) is 6.46. The van der Waals surface area contributed by atoms with Crippen LogP contribution in [0, 0.1) is 0 Å². The highest BCUT2D eigenvalue weighted by Crippen LogP contribution is 2.35. The summed E-state index contributed by atoms with van der Waals surface area (Å²) in [5, 5.41) is 4.01. The number of hydrogen-bond acceptors (Lipinski definition) is 6. The smallest absolute Gasteiger partial charge is 0.257 e. The summed E-state index contributed by atoms with van der Waals surface area (Å²) in [6, 6.07) is 6.27. The summed E-state index contributed by atoms with van der Waals surface area (Å²) in [4.78, 5) is 4.56. The Labute approximate surface area is 141 Å². The molecule has 1 aromatic carbocycles. The maximum absolute atomic E-state index is 12.0. The molecule has 3 rings (SSSR count). The van der Waals surface area contributed by atoms with Gasteiger partial charge >= 0.3 is 0 Å². The monoisotopic (exact) mass is 348 g/mol. The van der Waals surface area contributed by atoms with Crippen LogP contribution in [-0.2, 0) is 15.6 Å². The zero-order chi connectivity index (χ0) is 17.2. The summed E-state index contributed by atoms with van der Waals surface area (Å²) in [6.45, 7) is 3.66. The molecule has 24 heavy (non-hydrogen) atoms. The third-order valence-electron chi connectivity index (χ3n) is 4.20. The second kappa shape index (κ2) is 6.46. The zero-order valence-corrected chi connectivity index (χ0v) is 14.1. The molecule has 0 spiro atoms. The van der Waals surface area contributed by atoms with Crippen molar-refractivity contribution in [3.05, 3.63) is 42.7 Å². The van der Waals surface area contributed by atoms with E-state index in [0.29, 0.717) is 17.3 Å². The van der Waals surface area contributed by atoms with Crippen molar-refractivity contribution in [2.24, 2.45) is 5.73 Å². The van der Waals surface area contributed by atoms with E-state index in [1.54, 1.807) is 12.1 Å². The summed E-state index contributed by atoms with van der Waals surface area (Å²) >= 11 is 0. The van der Waals surface area contributed by atoms with Gasteiger partial charge in [-0.1, -0.05) is 24.1 Å². The molecule has 0 bridgehead atoms. The lowest BCUT2D eigenvalue weighted by molar-refractivity contribution is 0.372. The van der Waals surface area contributed by atoms with Crippen LogP contribution in [0.5, 0.6) is 0 Å². The van der Waals surface area contributed by atoms with Gasteiger partial charge in [-0.2, -0.15) is 4.98 Å². The molecular formula is C16H20N4O3S. The number of nitrogens with zero attached hydrogens (tertiary/aromatic N) is 2. The average molecular weight is 348 g/mol. The molecule has 128 valence electrons. The lowest BCUT2D eigenvalue weighted by atomic mass is 9.99. The minimum atomic E-state index is -3.55. The highest BCUT2D eigenvalue weighted by Gasteiger charge is 2.36. The molecule has 1 heterocycles. The van der Waals surface area contributed by atoms with Gasteiger partial charge in [0.05, 0.1) is 10.4 Å². The predicted molar refractivity (Wildman–Crippen MR) is 89.5 cm³/mol. The van der Waals surface area contributed by atoms with Crippen LogP contribution in [0.3, 0.4) is 0 Å². The van der Waals surface area contributed by atoms with Crippen molar-refractivity contribution in [3.8, 4) is 11.5 Å². The van der Waals surface area contributed by atoms with E-state index in [9.17, 15) is 8.42 Å². The number of nitrogens with two attached hydrogens (primary N) is 1. The Morgan fingerprint density at radius 1 is 1.29 bits per heavy atom. The fourth-order valence-corrected chi connectivity index (χ4v) is 3.80. The Morgan fingerprint density at radius 3 is 2.58 bits per heavy atom. The number of rotatable bonds is 6. The maximum Gasteiger partial charge on any atom is 0.257 e. The normalized spacial score (nSPS) is 17.0. The van der Waals surface area contributed by atoms with Crippen LogP contribution < -0.4 is 10.5 Å². The zero-order valence-electron chi connectivity index (χ0n) is 13.2. The van der Waals surface area contributed by atoms with E-state index < -0.39 is 15.6 Å². The summed E-state index contributed by atoms with van der Waals surface area (Å²) < 4.78 is 31.8. The molecular weight excluding hydrogens is 328 g/mol. The van der Waals surface area contributed by atoms with Gasteiger partial charge in [0.2, 0.25) is 10.0 Å². The first-order valence-corrected chi connectivity index (χ1v) is 9.27. The SMILES string of the molecule is C=CCNS(=O)(=O)c1ccc(-c2nc(C3(N)CCCC3)no2)cc1. The largest absolute Gasteiger partial charge is 0.334 e. The van der Waals surface area contributed by atoms with Crippen molar-refractivity contribution >= 4 is 10.0 Å². The molecule has 0 radical (unpaired) electrons. The van der Waals surface area contributed by atoms with Crippen molar-refractivity contribution in [1.29, 1.82) is 0 Å². The van der Waals surface area contributed by atoms with E-state index >= 15 is 0 Å². The van der Waals surface area contributed by atoms with Crippen LogP contribution in [0.2, 0.25) is 0 Å². The maximum atomic E-state index is 12.0. The summed E-state index contributed by atoms with van der Waals surface area (Å²) in [5.74, 6) is 0.851. The first kappa shape index (κ1) is 16.8. The molecule has 0 aliphatic heterocycles. The highest BCUT2D eigenvalue weighted by atomic mass is 32.2. The number of aromatic nitrogens is 2. The Balaban J connectivity index is 1.81. The molecule has 1 aromatic heterocycles. The molecule has 0 amide bonds. The third-order valence-corrected chi connectivity index (χ3v) is 5.64. The predicted octanol–water partition coefficient (Wildman–Crippen LogP) is 1.93. The van der Waals surface area contributed by atoms with E-state index in [2.05, 4.69) is 21.4 Å². The number of nitrogens with one attached hydrogen (secondary N) is 1. The molecule has 1 aliphatic carbocycles. The Bertz CT molecular complexity index is 821. The first-order chi connectivity index (χ1) is 11.4. The number of hydrogen-bond donors (Lipinski definition) is 2. The van der Waals surface area contributed by atoms with Crippen LogP contribution in [0.1, 0.15) is 31.5 Å². The highest BCUT2D eigenvalue weighted by molar-refractivity contribution is 7.89. The lowest BCUT2D eigenvalue weighted by Crippen LogP contribution is -2.34. The average Bonchev–Trinajstić information content (AvgIpc) is 3.23. The molecule has 1 saturated carbocycles. The lowest BCUT2D eigenvalue weighted by Gasteiger charge is -2.17. The minimum Gasteiger partial charge on any atom is -0.334 e. The Kier molecular flexibility index (Phi) is 4.53. The van der Waals surface area contributed by atoms with Crippen molar-refractivity contribution in [3.63, 3.8) is 0 Å². The fourth-order valence-electron chi connectivity index (χ4n) is 2.80. The van der Waals surface area contributed by atoms with E-state index in [1.165, 1.54) is 18.2 Å². The molecule has 0 unspecified atom stereocenters. The standard InChI is InChI=1S/C16H20N4O3S/c1-2-11-18-24(21,22)13-7-5-12(6-8-13)14-19-15(20-23-14)16(17)9-3-4-10-16/h2,5-8,18H,1,3-4,9-11,17H2. The third kappa shape index (κ3) is 3.26. The molecule has 1 aliphatic rings. The molecule has 0 saturated heterocycles. The van der Waals surface area contributed by atoms with Gasteiger partial charge in [-0.3, -0.25) is 0 Å². The van der Waals surface area contributed by atoms with Gasteiger partial charge in [0, 0.05) is 12.1 Å². The van der Waals surface area contributed by atoms with Crippen molar-refractivity contribution in [2.75, 3.05) is 6.54 Å². The van der Waals surface area contributed by atoms with Gasteiger partial charge < -0.3 is 10.3 Å². The van der Waals surface area contributed by atoms with Gasteiger partial charge in [-0.15, -0.1) is 6.58 Å². The van der Waals surface area contributed by atoms with Crippen LogP contribution in [-0.4, -0.2) is 25.1 Å². The van der Waals surface area contributed by atoms with Gasteiger partial charge in [0.1, 0.15) is 0 Å². The second-order valence-corrected chi connectivity index (χ2v) is 7.72. The fraction of sp³-hybridized carbons (Fsp3) is 0.375. The minimum absolute atomic E-state index is 0.166. The van der Waals surface area contributed by atoms with Gasteiger partial charge in [0.15, 0.2) is 5.82 Å². The summed E-state index contributed by atoms with van der Waals surface area (Å²) in [7, 11) is -3.55. The number of sulfonamides is 1. The van der Waals surface area contributed by atoms with Crippen LogP contribution >= 0.6 is 0 Å². The van der Waals surface area contributed by atoms with Gasteiger partial charge in [-0.05, 0) is 37.1 Å². The van der Waals surface area contributed by atoms with Crippen LogP contribution in [0.15, 0.2) is 46.3 Å². The number of benzene rings is 1.